The lowest BCUT2D eigenvalue weighted by Crippen LogP contribution is -2.26. The van der Waals surface area contributed by atoms with Gasteiger partial charge >= 0.3 is 6.09 Å². The third-order valence-corrected chi connectivity index (χ3v) is 2.68. The quantitative estimate of drug-likeness (QED) is 0.842. The van der Waals surface area contributed by atoms with E-state index in [1.807, 2.05) is 24.3 Å². The molecule has 1 fully saturated rings. The van der Waals surface area contributed by atoms with E-state index in [0.717, 1.165) is 18.6 Å². The minimum Gasteiger partial charge on any atom is -0.497 e. The molecule has 0 saturated carbocycles. The van der Waals surface area contributed by atoms with E-state index in [9.17, 15) is 4.79 Å². The number of carbonyl (C=O) groups is 1. The highest BCUT2D eigenvalue weighted by Gasteiger charge is 2.21. The molecule has 1 N–H and O–H groups in total. The van der Waals surface area contributed by atoms with Crippen molar-refractivity contribution >= 4 is 6.09 Å². The Morgan fingerprint density at radius 2 is 2.19 bits per heavy atom. The number of rotatable bonds is 4. The summed E-state index contributed by atoms with van der Waals surface area (Å²) in [6, 6.07) is 8.11. The zero-order valence-corrected chi connectivity index (χ0v) is 9.23. The van der Waals surface area contributed by atoms with Crippen LogP contribution in [0.1, 0.15) is 12.0 Å². The lowest BCUT2D eigenvalue weighted by Gasteiger charge is -2.07. The van der Waals surface area contributed by atoms with Crippen LogP contribution >= 0.6 is 0 Å². The van der Waals surface area contributed by atoms with Gasteiger partial charge in [-0.25, -0.2) is 4.79 Å². The van der Waals surface area contributed by atoms with Crippen molar-refractivity contribution in [2.75, 3.05) is 13.7 Å². The van der Waals surface area contributed by atoms with Gasteiger partial charge in [0, 0.05) is 0 Å². The molecular weight excluding hydrogens is 206 g/mol. The molecule has 4 nitrogen and oxygen atoms in total. The number of cyclic esters (lactones) is 1. The van der Waals surface area contributed by atoms with Gasteiger partial charge in [0.15, 0.2) is 0 Å². The van der Waals surface area contributed by atoms with Crippen molar-refractivity contribution in [3.63, 3.8) is 0 Å². The van der Waals surface area contributed by atoms with E-state index in [1.54, 1.807) is 7.11 Å². The Bertz CT molecular complexity index is 361. The first kappa shape index (κ1) is 10.8. The number of aryl methyl sites for hydroxylation is 1. The van der Waals surface area contributed by atoms with Crippen LogP contribution in [0.15, 0.2) is 24.3 Å². The van der Waals surface area contributed by atoms with Crippen LogP contribution in [0.25, 0.3) is 0 Å². The number of methoxy groups -OCH3 is 1. The van der Waals surface area contributed by atoms with Crippen LogP contribution in [0.3, 0.4) is 0 Å². The Morgan fingerprint density at radius 1 is 1.44 bits per heavy atom. The number of hydrogen-bond acceptors (Lipinski definition) is 3. The van der Waals surface area contributed by atoms with Crippen molar-refractivity contribution < 1.29 is 14.3 Å². The van der Waals surface area contributed by atoms with Gasteiger partial charge in [-0.3, -0.25) is 0 Å². The molecule has 0 bridgehead atoms. The van der Waals surface area contributed by atoms with Gasteiger partial charge in [0.1, 0.15) is 12.4 Å². The van der Waals surface area contributed by atoms with Crippen LogP contribution in [-0.2, 0) is 11.2 Å². The number of alkyl carbamates (subject to hydrolysis) is 1. The molecule has 4 heteroatoms. The summed E-state index contributed by atoms with van der Waals surface area (Å²) < 4.78 is 9.90. The van der Waals surface area contributed by atoms with E-state index in [4.69, 9.17) is 9.47 Å². The molecular formula is C12H15NO3. The van der Waals surface area contributed by atoms with Crippen molar-refractivity contribution in [1.29, 1.82) is 0 Å². The molecule has 1 amide bonds. The minimum absolute atomic E-state index is 0.148. The van der Waals surface area contributed by atoms with Crippen molar-refractivity contribution in [3.8, 4) is 5.75 Å². The first-order valence-electron chi connectivity index (χ1n) is 5.34. The predicted molar refractivity (Wildman–Crippen MR) is 59.6 cm³/mol. The molecule has 0 aliphatic carbocycles. The molecule has 1 aromatic rings. The standard InChI is InChI=1S/C12H15NO3/c1-15-11-6-3-9(4-7-11)2-5-10-8-16-12(14)13-10/h3-4,6-7,10H,2,5,8H2,1H3,(H,13,14). The molecule has 1 unspecified atom stereocenters. The number of carbonyl (C=O) groups excluding carboxylic acids is 1. The second-order valence-corrected chi connectivity index (χ2v) is 3.83. The van der Waals surface area contributed by atoms with Crippen molar-refractivity contribution in [2.45, 2.75) is 18.9 Å². The lowest BCUT2D eigenvalue weighted by atomic mass is 10.1. The van der Waals surface area contributed by atoms with Gasteiger partial charge in [0.25, 0.3) is 0 Å². The first-order chi connectivity index (χ1) is 7.78. The summed E-state index contributed by atoms with van der Waals surface area (Å²) in [4.78, 5) is 10.8. The van der Waals surface area contributed by atoms with E-state index in [1.165, 1.54) is 5.56 Å². The average molecular weight is 221 g/mol. The van der Waals surface area contributed by atoms with Crippen LogP contribution in [0, 0.1) is 0 Å². The summed E-state index contributed by atoms with van der Waals surface area (Å²) in [5, 5.41) is 2.76. The van der Waals surface area contributed by atoms with Gasteiger partial charge in [-0.1, -0.05) is 12.1 Å². The number of ether oxygens (including phenoxy) is 2. The molecule has 0 radical (unpaired) electrons. The molecule has 86 valence electrons. The van der Waals surface area contributed by atoms with Crippen molar-refractivity contribution in [3.05, 3.63) is 29.8 Å². The van der Waals surface area contributed by atoms with Gasteiger partial charge in [-0.05, 0) is 30.5 Å². The Balaban J connectivity index is 1.82. The monoisotopic (exact) mass is 221 g/mol. The van der Waals surface area contributed by atoms with E-state index in [-0.39, 0.29) is 12.1 Å². The van der Waals surface area contributed by atoms with Crippen LogP contribution in [0.4, 0.5) is 4.79 Å². The molecule has 1 aliphatic rings. The molecule has 1 aliphatic heterocycles. The molecule has 0 spiro atoms. The largest absolute Gasteiger partial charge is 0.497 e. The highest BCUT2D eigenvalue weighted by molar-refractivity contribution is 5.69. The third-order valence-electron chi connectivity index (χ3n) is 2.68. The van der Waals surface area contributed by atoms with Crippen molar-refractivity contribution in [2.24, 2.45) is 0 Å². The number of hydrogen-bond donors (Lipinski definition) is 1. The normalized spacial score (nSPS) is 19.1. The Morgan fingerprint density at radius 3 is 2.75 bits per heavy atom. The van der Waals surface area contributed by atoms with Crippen LogP contribution in [0.5, 0.6) is 5.75 Å². The molecule has 1 heterocycles. The summed E-state index contributed by atoms with van der Waals surface area (Å²) in [7, 11) is 1.65. The van der Waals surface area contributed by atoms with Gasteiger partial charge < -0.3 is 14.8 Å². The molecule has 1 aromatic carbocycles. The fourth-order valence-electron chi connectivity index (χ4n) is 1.71. The van der Waals surface area contributed by atoms with Crippen LogP contribution in [0.2, 0.25) is 0 Å². The van der Waals surface area contributed by atoms with Crippen molar-refractivity contribution in [1.82, 2.24) is 5.32 Å². The Labute approximate surface area is 94.6 Å². The van der Waals surface area contributed by atoms with Gasteiger partial charge in [-0.2, -0.15) is 0 Å². The smallest absolute Gasteiger partial charge is 0.407 e. The maximum atomic E-state index is 10.8. The van der Waals surface area contributed by atoms with E-state index in [2.05, 4.69) is 5.32 Å². The summed E-state index contributed by atoms with van der Waals surface area (Å²) in [6.07, 6.45) is 1.52. The SMILES string of the molecule is COc1ccc(CCC2COC(=O)N2)cc1. The highest BCUT2D eigenvalue weighted by Crippen LogP contribution is 2.14. The van der Waals surface area contributed by atoms with E-state index < -0.39 is 0 Å². The minimum atomic E-state index is -0.306. The van der Waals surface area contributed by atoms with Gasteiger partial charge in [-0.15, -0.1) is 0 Å². The zero-order valence-electron chi connectivity index (χ0n) is 9.23. The second kappa shape index (κ2) is 4.88. The Hall–Kier alpha value is -1.71. The van der Waals surface area contributed by atoms with Crippen LogP contribution in [-0.4, -0.2) is 25.9 Å². The van der Waals surface area contributed by atoms with Gasteiger partial charge in [0.2, 0.25) is 0 Å². The molecule has 1 atom stereocenters. The fraction of sp³-hybridized carbons (Fsp3) is 0.417. The molecule has 0 aromatic heterocycles. The summed E-state index contributed by atoms with van der Waals surface area (Å²) >= 11 is 0. The second-order valence-electron chi connectivity index (χ2n) is 3.83. The maximum Gasteiger partial charge on any atom is 0.407 e. The molecule has 2 rings (SSSR count). The molecule has 1 saturated heterocycles. The first-order valence-corrected chi connectivity index (χ1v) is 5.34. The highest BCUT2D eigenvalue weighted by atomic mass is 16.6. The summed E-state index contributed by atoms with van der Waals surface area (Å²) in [5.41, 5.74) is 1.24. The zero-order chi connectivity index (χ0) is 11.4. The summed E-state index contributed by atoms with van der Waals surface area (Å²) in [6.45, 7) is 0.481. The fourth-order valence-corrected chi connectivity index (χ4v) is 1.71. The van der Waals surface area contributed by atoms with Crippen LogP contribution < -0.4 is 10.1 Å². The number of amides is 1. The Kier molecular flexibility index (Phi) is 3.29. The predicted octanol–water partition coefficient (Wildman–Crippen LogP) is 1.74. The topological polar surface area (TPSA) is 47.6 Å². The summed E-state index contributed by atoms with van der Waals surface area (Å²) in [5.74, 6) is 0.862. The van der Waals surface area contributed by atoms with Gasteiger partial charge in [0.05, 0.1) is 13.2 Å². The van der Waals surface area contributed by atoms with E-state index >= 15 is 0 Å². The number of benzene rings is 1. The van der Waals surface area contributed by atoms with E-state index in [0.29, 0.717) is 6.61 Å². The average Bonchev–Trinajstić information content (AvgIpc) is 2.73. The third kappa shape index (κ3) is 2.66. The lowest BCUT2D eigenvalue weighted by molar-refractivity contribution is 0.176. The number of nitrogens with one attached hydrogen (secondary N) is 1. The molecule has 16 heavy (non-hydrogen) atoms. The maximum absolute atomic E-state index is 10.8.